The first-order valence-electron chi connectivity index (χ1n) is 10.8. The van der Waals surface area contributed by atoms with Crippen LogP contribution < -0.4 is 14.8 Å². The fraction of sp³-hybridized carbons (Fsp3) is 0.500. The standard InChI is InChI=1S/C26H37NO3/c1-8-22(30-20-15-13-19(14-16-20)25(2,3)4)24(28)27-17-18-29-23-12-10-9-11-21(23)26(5,6)7/h9-16,22H,8,17-18H2,1-7H3,(H,27,28). The summed E-state index contributed by atoms with van der Waals surface area (Å²) in [6.45, 7) is 15.8. The van der Waals surface area contributed by atoms with Gasteiger partial charge in [0.2, 0.25) is 0 Å². The van der Waals surface area contributed by atoms with Crippen molar-refractivity contribution in [2.75, 3.05) is 13.2 Å². The summed E-state index contributed by atoms with van der Waals surface area (Å²) >= 11 is 0. The molecule has 0 saturated carbocycles. The van der Waals surface area contributed by atoms with Crippen LogP contribution >= 0.6 is 0 Å². The molecule has 0 aliphatic rings. The Morgan fingerprint density at radius 2 is 1.57 bits per heavy atom. The van der Waals surface area contributed by atoms with Crippen molar-refractivity contribution < 1.29 is 14.3 Å². The average molecular weight is 412 g/mol. The highest BCUT2D eigenvalue weighted by Gasteiger charge is 2.20. The smallest absolute Gasteiger partial charge is 0.261 e. The highest BCUT2D eigenvalue weighted by Crippen LogP contribution is 2.30. The third-order valence-electron chi connectivity index (χ3n) is 5.02. The van der Waals surface area contributed by atoms with E-state index >= 15 is 0 Å². The number of ether oxygens (including phenoxy) is 2. The Morgan fingerprint density at radius 3 is 2.13 bits per heavy atom. The van der Waals surface area contributed by atoms with Crippen LogP contribution in [0.3, 0.4) is 0 Å². The van der Waals surface area contributed by atoms with E-state index in [1.165, 1.54) is 5.56 Å². The Bertz CT molecular complexity index is 813. The molecule has 2 aromatic carbocycles. The van der Waals surface area contributed by atoms with Gasteiger partial charge < -0.3 is 14.8 Å². The minimum absolute atomic E-state index is 0.00350. The molecule has 4 nitrogen and oxygen atoms in total. The van der Waals surface area contributed by atoms with Gasteiger partial charge in [-0.1, -0.05) is 78.8 Å². The summed E-state index contributed by atoms with van der Waals surface area (Å²) in [5.74, 6) is 1.45. The van der Waals surface area contributed by atoms with E-state index < -0.39 is 6.10 Å². The van der Waals surface area contributed by atoms with Gasteiger partial charge in [0.15, 0.2) is 6.10 Å². The zero-order valence-corrected chi connectivity index (χ0v) is 19.5. The Morgan fingerprint density at radius 1 is 0.933 bits per heavy atom. The maximum Gasteiger partial charge on any atom is 0.261 e. The van der Waals surface area contributed by atoms with E-state index in [2.05, 4.69) is 65.1 Å². The second-order valence-corrected chi connectivity index (χ2v) is 9.67. The molecule has 0 aromatic heterocycles. The summed E-state index contributed by atoms with van der Waals surface area (Å²) in [4.78, 5) is 12.6. The molecule has 1 N–H and O–H groups in total. The molecule has 30 heavy (non-hydrogen) atoms. The van der Waals surface area contributed by atoms with Crippen LogP contribution in [0.5, 0.6) is 11.5 Å². The summed E-state index contributed by atoms with van der Waals surface area (Å²) in [6.07, 6.45) is 0.0768. The molecule has 0 heterocycles. The van der Waals surface area contributed by atoms with Crippen molar-refractivity contribution in [2.24, 2.45) is 0 Å². The Hall–Kier alpha value is -2.49. The van der Waals surface area contributed by atoms with Gasteiger partial charge in [-0.3, -0.25) is 4.79 Å². The molecule has 0 aliphatic carbocycles. The molecule has 4 heteroatoms. The number of hydrogen-bond acceptors (Lipinski definition) is 3. The minimum Gasteiger partial charge on any atom is -0.491 e. The number of hydrogen-bond donors (Lipinski definition) is 1. The van der Waals surface area contributed by atoms with Crippen molar-refractivity contribution in [1.82, 2.24) is 5.32 Å². The summed E-state index contributed by atoms with van der Waals surface area (Å²) in [6, 6.07) is 16.0. The molecule has 0 fully saturated rings. The SMILES string of the molecule is CCC(Oc1ccc(C(C)(C)C)cc1)C(=O)NCCOc1ccccc1C(C)(C)C. The molecule has 0 radical (unpaired) electrons. The van der Waals surface area contributed by atoms with Crippen LogP contribution in [0.2, 0.25) is 0 Å². The van der Waals surface area contributed by atoms with Gasteiger partial charge in [-0.2, -0.15) is 0 Å². The number of rotatable bonds is 8. The number of carbonyl (C=O) groups is 1. The van der Waals surface area contributed by atoms with E-state index in [-0.39, 0.29) is 16.7 Å². The summed E-state index contributed by atoms with van der Waals surface area (Å²) in [7, 11) is 0. The van der Waals surface area contributed by atoms with Crippen LogP contribution in [-0.4, -0.2) is 25.2 Å². The highest BCUT2D eigenvalue weighted by molar-refractivity contribution is 5.81. The molecule has 2 aromatic rings. The van der Waals surface area contributed by atoms with Gasteiger partial charge in [0.25, 0.3) is 5.91 Å². The molecular formula is C26H37NO3. The topological polar surface area (TPSA) is 47.6 Å². The molecule has 0 aliphatic heterocycles. The normalized spacial score (nSPS) is 12.9. The predicted octanol–water partition coefficient (Wildman–Crippen LogP) is 5.63. The lowest BCUT2D eigenvalue weighted by atomic mass is 9.86. The van der Waals surface area contributed by atoms with Crippen molar-refractivity contribution in [3.05, 3.63) is 59.7 Å². The number of benzene rings is 2. The van der Waals surface area contributed by atoms with Gasteiger partial charge in [0.05, 0.1) is 6.54 Å². The first kappa shape index (κ1) is 23.8. The maximum absolute atomic E-state index is 12.6. The Balaban J connectivity index is 1.86. The highest BCUT2D eigenvalue weighted by atomic mass is 16.5. The van der Waals surface area contributed by atoms with E-state index in [1.807, 2.05) is 37.3 Å². The van der Waals surface area contributed by atoms with Crippen LogP contribution in [0.25, 0.3) is 0 Å². The second-order valence-electron chi connectivity index (χ2n) is 9.67. The van der Waals surface area contributed by atoms with Crippen LogP contribution in [0, 0.1) is 0 Å². The van der Waals surface area contributed by atoms with E-state index in [0.29, 0.717) is 25.3 Å². The largest absolute Gasteiger partial charge is 0.491 e. The molecule has 164 valence electrons. The van der Waals surface area contributed by atoms with Gasteiger partial charge in [-0.05, 0) is 46.6 Å². The molecule has 2 rings (SSSR count). The molecule has 1 amide bonds. The minimum atomic E-state index is -0.521. The third kappa shape index (κ3) is 6.79. The van der Waals surface area contributed by atoms with E-state index in [0.717, 1.165) is 11.3 Å². The van der Waals surface area contributed by atoms with Gasteiger partial charge >= 0.3 is 0 Å². The van der Waals surface area contributed by atoms with Crippen molar-refractivity contribution in [3.8, 4) is 11.5 Å². The second kappa shape index (κ2) is 10.0. The fourth-order valence-corrected chi connectivity index (χ4v) is 3.18. The Kier molecular flexibility index (Phi) is 7.94. The summed E-state index contributed by atoms with van der Waals surface area (Å²) in [5, 5.41) is 2.93. The number of para-hydroxylation sites is 1. The van der Waals surface area contributed by atoms with Crippen molar-refractivity contribution >= 4 is 5.91 Å². The molecule has 0 saturated heterocycles. The van der Waals surface area contributed by atoms with Crippen LogP contribution in [-0.2, 0) is 15.6 Å². The first-order valence-corrected chi connectivity index (χ1v) is 10.8. The van der Waals surface area contributed by atoms with Gasteiger partial charge in [0.1, 0.15) is 18.1 Å². The number of carbonyl (C=O) groups excluding carboxylic acids is 1. The number of nitrogens with one attached hydrogen (secondary N) is 1. The lowest BCUT2D eigenvalue weighted by molar-refractivity contribution is -0.128. The van der Waals surface area contributed by atoms with E-state index in [9.17, 15) is 4.79 Å². The van der Waals surface area contributed by atoms with Crippen LogP contribution in [0.1, 0.15) is 66.0 Å². The lowest BCUT2D eigenvalue weighted by Crippen LogP contribution is -2.39. The molecule has 0 spiro atoms. The third-order valence-corrected chi connectivity index (χ3v) is 5.02. The quantitative estimate of drug-likeness (QED) is 0.572. The molecule has 1 unspecified atom stereocenters. The zero-order valence-electron chi connectivity index (χ0n) is 19.5. The van der Waals surface area contributed by atoms with Gasteiger partial charge in [0, 0.05) is 0 Å². The Labute approximate surface area is 182 Å². The summed E-state index contributed by atoms with van der Waals surface area (Å²) < 4.78 is 11.9. The lowest BCUT2D eigenvalue weighted by Gasteiger charge is -2.23. The number of amides is 1. The maximum atomic E-state index is 12.6. The molecular weight excluding hydrogens is 374 g/mol. The van der Waals surface area contributed by atoms with Gasteiger partial charge in [-0.15, -0.1) is 0 Å². The first-order chi connectivity index (χ1) is 14.0. The van der Waals surface area contributed by atoms with Gasteiger partial charge in [-0.25, -0.2) is 0 Å². The van der Waals surface area contributed by atoms with Crippen LogP contribution in [0.4, 0.5) is 0 Å². The monoisotopic (exact) mass is 411 g/mol. The van der Waals surface area contributed by atoms with Crippen LogP contribution in [0.15, 0.2) is 48.5 Å². The molecule has 1 atom stereocenters. The molecule has 0 bridgehead atoms. The van der Waals surface area contributed by atoms with Crippen molar-refractivity contribution in [1.29, 1.82) is 0 Å². The predicted molar refractivity (Wildman–Crippen MR) is 123 cm³/mol. The van der Waals surface area contributed by atoms with E-state index in [1.54, 1.807) is 0 Å². The van der Waals surface area contributed by atoms with Crippen molar-refractivity contribution in [3.63, 3.8) is 0 Å². The summed E-state index contributed by atoms with van der Waals surface area (Å²) in [5.41, 5.74) is 2.49. The zero-order chi connectivity index (χ0) is 22.4. The van der Waals surface area contributed by atoms with Crippen molar-refractivity contribution in [2.45, 2.75) is 71.8 Å². The fourth-order valence-electron chi connectivity index (χ4n) is 3.18. The average Bonchev–Trinajstić information content (AvgIpc) is 2.68. The van der Waals surface area contributed by atoms with E-state index in [4.69, 9.17) is 9.47 Å².